The molecule has 0 spiro atoms. The summed E-state index contributed by atoms with van der Waals surface area (Å²) >= 11 is 1.60. The second-order valence-corrected chi connectivity index (χ2v) is 5.50. The fraction of sp³-hybridized carbons (Fsp3) is 0.385. The average molecular weight is 261 g/mol. The van der Waals surface area contributed by atoms with Gasteiger partial charge in [0, 0.05) is 0 Å². The van der Waals surface area contributed by atoms with Crippen LogP contribution in [-0.2, 0) is 12.8 Å². The van der Waals surface area contributed by atoms with Crippen LogP contribution in [0.3, 0.4) is 0 Å². The predicted molar refractivity (Wildman–Crippen MR) is 72.1 cm³/mol. The van der Waals surface area contributed by atoms with Crippen LogP contribution in [0.15, 0.2) is 18.2 Å². The molecule has 1 aromatic heterocycles. The van der Waals surface area contributed by atoms with E-state index < -0.39 is 0 Å². The molecular weight excluding hydrogens is 246 g/mol. The molecule has 0 radical (unpaired) electrons. The van der Waals surface area contributed by atoms with Gasteiger partial charge in [0.1, 0.15) is 10.8 Å². The van der Waals surface area contributed by atoms with Gasteiger partial charge in [-0.05, 0) is 36.5 Å². The maximum absolute atomic E-state index is 9.80. The standard InChI is InChI=1S/C13H15N3OS/c1-2-12-15-16-13(18-12)14-10-7-6-9-8(10)4-3-5-11(9)17/h3-5,10,17H,2,6-7H2,1H3,(H,14,16). The lowest BCUT2D eigenvalue weighted by atomic mass is 10.1. The van der Waals surface area contributed by atoms with E-state index in [1.807, 2.05) is 6.07 Å². The Bertz CT molecular complexity index is 567. The van der Waals surface area contributed by atoms with Crippen LogP contribution in [0.4, 0.5) is 5.13 Å². The number of hydrogen-bond acceptors (Lipinski definition) is 5. The predicted octanol–water partition coefficient (Wildman–Crippen LogP) is 2.91. The molecule has 2 aromatic rings. The van der Waals surface area contributed by atoms with E-state index in [1.54, 1.807) is 17.4 Å². The van der Waals surface area contributed by atoms with Crippen molar-refractivity contribution < 1.29 is 5.11 Å². The number of aryl methyl sites for hydroxylation is 1. The fourth-order valence-electron chi connectivity index (χ4n) is 2.39. The Morgan fingerprint density at radius 2 is 2.33 bits per heavy atom. The summed E-state index contributed by atoms with van der Waals surface area (Å²) in [6.45, 7) is 2.08. The summed E-state index contributed by atoms with van der Waals surface area (Å²) in [5.41, 5.74) is 2.25. The van der Waals surface area contributed by atoms with Gasteiger partial charge in [0.25, 0.3) is 0 Å². The van der Waals surface area contributed by atoms with E-state index in [2.05, 4.69) is 28.5 Å². The molecule has 0 saturated heterocycles. The van der Waals surface area contributed by atoms with Gasteiger partial charge in [0.2, 0.25) is 5.13 Å². The monoisotopic (exact) mass is 261 g/mol. The minimum absolute atomic E-state index is 0.241. The van der Waals surface area contributed by atoms with Crippen LogP contribution in [0.2, 0.25) is 0 Å². The van der Waals surface area contributed by atoms with E-state index >= 15 is 0 Å². The highest BCUT2D eigenvalue weighted by Crippen LogP contribution is 2.38. The number of rotatable bonds is 3. The number of aromatic hydroxyl groups is 1. The first-order valence-electron chi connectivity index (χ1n) is 6.17. The van der Waals surface area contributed by atoms with Crippen LogP contribution in [-0.4, -0.2) is 15.3 Å². The van der Waals surface area contributed by atoms with Crippen molar-refractivity contribution in [2.75, 3.05) is 5.32 Å². The van der Waals surface area contributed by atoms with Gasteiger partial charge in [-0.25, -0.2) is 0 Å². The molecule has 4 nitrogen and oxygen atoms in total. The quantitative estimate of drug-likeness (QED) is 0.892. The Hall–Kier alpha value is -1.62. The molecule has 3 rings (SSSR count). The highest BCUT2D eigenvalue weighted by molar-refractivity contribution is 7.15. The van der Waals surface area contributed by atoms with Gasteiger partial charge in [-0.15, -0.1) is 10.2 Å². The van der Waals surface area contributed by atoms with E-state index in [9.17, 15) is 5.11 Å². The van der Waals surface area contributed by atoms with Crippen LogP contribution >= 0.6 is 11.3 Å². The van der Waals surface area contributed by atoms with Crippen LogP contribution in [0.25, 0.3) is 0 Å². The maximum atomic E-state index is 9.80. The van der Waals surface area contributed by atoms with Crippen molar-refractivity contribution in [1.82, 2.24) is 10.2 Å². The Morgan fingerprint density at radius 3 is 3.11 bits per heavy atom. The summed E-state index contributed by atoms with van der Waals surface area (Å²) in [5, 5.41) is 23.4. The number of benzene rings is 1. The third-order valence-electron chi connectivity index (χ3n) is 3.31. The number of nitrogens with one attached hydrogen (secondary N) is 1. The van der Waals surface area contributed by atoms with Crippen LogP contribution in [0, 0.1) is 0 Å². The molecule has 94 valence electrons. The fourth-order valence-corrected chi connectivity index (χ4v) is 3.12. The zero-order chi connectivity index (χ0) is 12.5. The van der Waals surface area contributed by atoms with Gasteiger partial charge in [-0.1, -0.05) is 30.4 Å². The SMILES string of the molecule is CCc1nnc(NC2CCc3c(O)cccc32)s1. The van der Waals surface area contributed by atoms with Crippen molar-refractivity contribution in [3.05, 3.63) is 34.3 Å². The number of aromatic nitrogens is 2. The molecule has 1 aromatic carbocycles. The molecule has 0 bridgehead atoms. The van der Waals surface area contributed by atoms with Crippen molar-refractivity contribution in [3.8, 4) is 5.75 Å². The Morgan fingerprint density at radius 1 is 1.44 bits per heavy atom. The Kier molecular flexibility index (Phi) is 2.91. The van der Waals surface area contributed by atoms with Gasteiger partial charge < -0.3 is 10.4 Å². The third kappa shape index (κ3) is 1.95. The minimum atomic E-state index is 0.241. The highest BCUT2D eigenvalue weighted by atomic mass is 32.1. The minimum Gasteiger partial charge on any atom is -0.508 e. The van der Waals surface area contributed by atoms with Crippen LogP contribution in [0.5, 0.6) is 5.75 Å². The first-order valence-corrected chi connectivity index (χ1v) is 6.99. The summed E-state index contributed by atoms with van der Waals surface area (Å²) in [7, 11) is 0. The summed E-state index contributed by atoms with van der Waals surface area (Å²) in [6, 6.07) is 5.96. The van der Waals surface area contributed by atoms with E-state index in [4.69, 9.17) is 0 Å². The van der Waals surface area contributed by atoms with E-state index in [0.29, 0.717) is 5.75 Å². The van der Waals surface area contributed by atoms with Crippen molar-refractivity contribution >= 4 is 16.5 Å². The molecule has 0 amide bonds. The zero-order valence-corrected chi connectivity index (χ0v) is 11.0. The third-order valence-corrected chi connectivity index (χ3v) is 4.31. The van der Waals surface area contributed by atoms with E-state index in [-0.39, 0.29) is 6.04 Å². The van der Waals surface area contributed by atoms with Gasteiger partial charge in [-0.3, -0.25) is 0 Å². The summed E-state index contributed by atoms with van der Waals surface area (Å²) in [5.74, 6) is 0.406. The first kappa shape index (κ1) is 11.5. The first-order chi connectivity index (χ1) is 8.78. The van der Waals surface area contributed by atoms with Crippen molar-refractivity contribution in [2.45, 2.75) is 32.2 Å². The van der Waals surface area contributed by atoms with Crippen molar-refractivity contribution in [3.63, 3.8) is 0 Å². The second-order valence-electron chi connectivity index (χ2n) is 4.44. The molecule has 1 atom stereocenters. The Balaban J connectivity index is 1.82. The molecular formula is C13H15N3OS. The molecule has 1 heterocycles. The smallest absolute Gasteiger partial charge is 0.206 e. The normalized spacial score (nSPS) is 17.7. The molecule has 0 aliphatic heterocycles. The summed E-state index contributed by atoms with van der Waals surface area (Å²) in [6.07, 6.45) is 2.83. The topological polar surface area (TPSA) is 58.0 Å². The van der Waals surface area contributed by atoms with Crippen molar-refractivity contribution in [2.24, 2.45) is 0 Å². The molecule has 0 fully saturated rings. The number of nitrogens with zero attached hydrogens (tertiary/aromatic N) is 2. The molecule has 1 aliphatic carbocycles. The molecule has 0 saturated carbocycles. The van der Waals surface area contributed by atoms with Gasteiger partial charge in [0.05, 0.1) is 6.04 Å². The Labute approximate surface area is 110 Å². The number of anilines is 1. The lowest BCUT2D eigenvalue weighted by Gasteiger charge is -2.12. The van der Waals surface area contributed by atoms with Gasteiger partial charge >= 0.3 is 0 Å². The highest BCUT2D eigenvalue weighted by Gasteiger charge is 2.25. The van der Waals surface area contributed by atoms with Crippen molar-refractivity contribution in [1.29, 1.82) is 0 Å². The number of phenolic OH excluding ortho intramolecular Hbond substituents is 1. The second kappa shape index (κ2) is 4.57. The van der Waals surface area contributed by atoms with Gasteiger partial charge in [0.15, 0.2) is 0 Å². The summed E-state index contributed by atoms with van der Waals surface area (Å²) < 4.78 is 0. The van der Waals surface area contributed by atoms with Gasteiger partial charge in [-0.2, -0.15) is 0 Å². The van der Waals surface area contributed by atoms with Crippen LogP contribution < -0.4 is 5.32 Å². The molecule has 2 N–H and O–H groups in total. The number of hydrogen-bond donors (Lipinski definition) is 2. The zero-order valence-electron chi connectivity index (χ0n) is 10.2. The van der Waals surface area contributed by atoms with Crippen LogP contribution in [0.1, 0.15) is 35.5 Å². The maximum Gasteiger partial charge on any atom is 0.206 e. The van der Waals surface area contributed by atoms with E-state index in [0.717, 1.165) is 35.0 Å². The largest absolute Gasteiger partial charge is 0.508 e. The number of fused-ring (bicyclic) bond motifs is 1. The molecule has 18 heavy (non-hydrogen) atoms. The number of phenols is 1. The molecule has 5 heteroatoms. The molecule has 1 unspecified atom stereocenters. The summed E-state index contributed by atoms with van der Waals surface area (Å²) in [4.78, 5) is 0. The molecule has 1 aliphatic rings. The lowest BCUT2D eigenvalue weighted by Crippen LogP contribution is -2.06. The van der Waals surface area contributed by atoms with E-state index in [1.165, 1.54) is 5.56 Å². The average Bonchev–Trinajstić information content (AvgIpc) is 2.98. The lowest BCUT2D eigenvalue weighted by molar-refractivity contribution is 0.469.